The largest absolute Gasteiger partial charge is 0.0949 e. The van der Waals surface area contributed by atoms with Crippen molar-refractivity contribution in [3.63, 3.8) is 0 Å². The second kappa shape index (κ2) is 6.41. The lowest BCUT2D eigenvalue weighted by atomic mass is 9.80. The van der Waals surface area contributed by atoms with E-state index in [2.05, 4.69) is 104 Å². The highest BCUT2D eigenvalue weighted by atomic mass is 14.2. The van der Waals surface area contributed by atoms with Crippen LogP contribution in [0, 0.1) is 0 Å². The van der Waals surface area contributed by atoms with Gasteiger partial charge in [0.2, 0.25) is 0 Å². The summed E-state index contributed by atoms with van der Waals surface area (Å²) in [5.74, 6) is 0. The smallest absolute Gasteiger partial charge is 0.00193 e. The van der Waals surface area contributed by atoms with Crippen LogP contribution in [0.25, 0.3) is 39.0 Å². The second-order valence-corrected chi connectivity index (χ2v) is 7.14. The molecule has 27 heavy (non-hydrogen) atoms. The van der Waals surface area contributed by atoms with Gasteiger partial charge in [0.15, 0.2) is 0 Å². The van der Waals surface area contributed by atoms with E-state index in [0.717, 1.165) is 6.42 Å². The third-order valence-corrected chi connectivity index (χ3v) is 5.42. The topological polar surface area (TPSA) is 0 Å². The van der Waals surface area contributed by atoms with Gasteiger partial charge in [-0.2, -0.15) is 0 Å². The van der Waals surface area contributed by atoms with Crippen molar-refractivity contribution in [2.24, 2.45) is 0 Å². The van der Waals surface area contributed by atoms with Crippen LogP contribution in [0.4, 0.5) is 0 Å². The fourth-order valence-electron chi connectivity index (χ4n) is 4.00. The lowest BCUT2D eigenvalue weighted by molar-refractivity contribution is 1.25. The number of rotatable bonds is 2. The zero-order chi connectivity index (χ0) is 18.2. The number of hydrogen-bond acceptors (Lipinski definition) is 0. The first-order valence-electron chi connectivity index (χ1n) is 9.36. The van der Waals surface area contributed by atoms with E-state index in [0.29, 0.717) is 0 Å². The maximum atomic E-state index is 4.34. The Bertz CT molecular complexity index is 1140. The van der Waals surface area contributed by atoms with Crippen LogP contribution in [0.3, 0.4) is 0 Å². The first-order chi connectivity index (χ1) is 13.3. The minimum atomic E-state index is 0.919. The molecule has 0 unspecified atom stereocenters. The molecule has 0 nitrogen and oxygen atoms in total. The van der Waals surface area contributed by atoms with E-state index in [1.165, 1.54) is 50.1 Å². The van der Waals surface area contributed by atoms with Gasteiger partial charge in [0.1, 0.15) is 0 Å². The zero-order valence-corrected chi connectivity index (χ0v) is 15.2. The Morgan fingerprint density at radius 3 is 1.67 bits per heavy atom. The maximum Gasteiger partial charge on any atom is -0.00193 e. The molecule has 1 aliphatic rings. The molecule has 0 fully saturated rings. The first kappa shape index (κ1) is 15.8. The van der Waals surface area contributed by atoms with E-state index in [1.807, 2.05) is 0 Å². The van der Waals surface area contributed by atoms with Crippen LogP contribution in [-0.4, -0.2) is 0 Å². The molecule has 0 amide bonds. The highest BCUT2D eigenvalue weighted by Gasteiger charge is 2.20. The Morgan fingerprint density at radius 2 is 1.04 bits per heavy atom. The average Bonchev–Trinajstić information content (AvgIpc) is 2.75. The molecule has 0 N–H and O–H groups in total. The number of benzene rings is 4. The average molecular weight is 344 g/mol. The Kier molecular flexibility index (Phi) is 3.76. The summed E-state index contributed by atoms with van der Waals surface area (Å²) >= 11 is 0. The van der Waals surface area contributed by atoms with Gasteiger partial charge in [-0.25, -0.2) is 0 Å². The lowest BCUT2D eigenvalue weighted by Gasteiger charge is -2.23. The summed E-state index contributed by atoms with van der Waals surface area (Å²) in [6.07, 6.45) is 0.919. The van der Waals surface area contributed by atoms with Gasteiger partial charge in [0.25, 0.3) is 0 Å². The molecule has 0 bridgehead atoms. The van der Waals surface area contributed by atoms with Crippen molar-refractivity contribution >= 4 is 5.57 Å². The van der Waals surface area contributed by atoms with E-state index in [4.69, 9.17) is 0 Å². The third kappa shape index (κ3) is 2.80. The van der Waals surface area contributed by atoms with Crippen molar-refractivity contribution < 1.29 is 0 Å². The SMILES string of the molecule is C=C1Cc2ccc(-c3ccccc3)cc2-c2cc(-c3ccccc3)ccc21. The molecule has 0 atom stereocenters. The summed E-state index contributed by atoms with van der Waals surface area (Å²) in [7, 11) is 0. The Balaban J connectivity index is 1.69. The minimum Gasteiger partial charge on any atom is -0.0949 e. The molecule has 4 aromatic carbocycles. The molecule has 1 aliphatic carbocycles. The summed E-state index contributed by atoms with van der Waals surface area (Å²) in [4.78, 5) is 0. The monoisotopic (exact) mass is 344 g/mol. The lowest BCUT2D eigenvalue weighted by Crippen LogP contribution is -2.03. The molecule has 128 valence electrons. The van der Waals surface area contributed by atoms with E-state index in [9.17, 15) is 0 Å². The first-order valence-corrected chi connectivity index (χ1v) is 9.36. The Labute approximate surface area is 160 Å². The van der Waals surface area contributed by atoms with E-state index < -0.39 is 0 Å². The third-order valence-electron chi connectivity index (χ3n) is 5.42. The highest BCUT2D eigenvalue weighted by molar-refractivity contribution is 5.91. The van der Waals surface area contributed by atoms with Crippen LogP contribution in [0.1, 0.15) is 11.1 Å². The van der Waals surface area contributed by atoms with Gasteiger partial charge in [-0.15, -0.1) is 0 Å². The predicted molar refractivity (Wildman–Crippen MR) is 115 cm³/mol. The predicted octanol–water partition coefficient (Wildman–Crippen LogP) is 7.26. The quantitative estimate of drug-likeness (QED) is 0.359. The van der Waals surface area contributed by atoms with Crippen LogP contribution in [0.15, 0.2) is 104 Å². The van der Waals surface area contributed by atoms with Gasteiger partial charge in [-0.1, -0.05) is 91.5 Å². The summed E-state index contributed by atoms with van der Waals surface area (Å²) < 4.78 is 0. The highest BCUT2D eigenvalue weighted by Crippen LogP contribution is 2.42. The minimum absolute atomic E-state index is 0.919. The molecule has 0 spiro atoms. The molecule has 0 heteroatoms. The van der Waals surface area contributed by atoms with E-state index >= 15 is 0 Å². The Hall–Kier alpha value is -3.38. The van der Waals surface area contributed by atoms with Gasteiger partial charge in [0.05, 0.1) is 0 Å². The molecule has 0 saturated carbocycles. The molecular formula is C27H20. The van der Waals surface area contributed by atoms with Crippen molar-refractivity contribution in [3.8, 4) is 33.4 Å². The molecule has 0 radical (unpaired) electrons. The molecule has 0 aliphatic heterocycles. The van der Waals surface area contributed by atoms with Crippen LogP contribution in [-0.2, 0) is 6.42 Å². The molecule has 0 saturated heterocycles. The van der Waals surface area contributed by atoms with Gasteiger partial charge < -0.3 is 0 Å². The molecule has 5 rings (SSSR count). The van der Waals surface area contributed by atoms with Gasteiger partial charge in [-0.05, 0) is 68.6 Å². The maximum absolute atomic E-state index is 4.34. The molecule has 0 aromatic heterocycles. The van der Waals surface area contributed by atoms with Crippen LogP contribution in [0.5, 0.6) is 0 Å². The summed E-state index contributed by atoms with van der Waals surface area (Å²) in [5, 5.41) is 0. The fraction of sp³-hybridized carbons (Fsp3) is 0.0370. The van der Waals surface area contributed by atoms with Crippen molar-refractivity contribution in [1.29, 1.82) is 0 Å². The normalized spacial score (nSPS) is 12.4. The van der Waals surface area contributed by atoms with Crippen molar-refractivity contribution in [1.82, 2.24) is 0 Å². The van der Waals surface area contributed by atoms with Gasteiger partial charge in [0, 0.05) is 0 Å². The summed E-state index contributed by atoms with van der Waals surface area (Å²) in [6.45, 7) is 4.34. The summed E-state index contributed by atoms with van der Waals surface area (Å²) in [6, 6.07) is 34.8. The zero-order valence-electron chi connectivity index (χ0n) is 15.2. The van der Waals surface area contributed by atoms with Crippen LogP contribution in [0.2, 0.25) is 0 Å². The standard InChI is InChI=1S/C27H20/c1-19-16-24-13-12-22(20-8-4-2-5-9-20)17-26(24)27-18-23(14-15-25(19)27)21-10-6-3-7-11-21/h2-15,17-18H,1,16H2. The van der Waals surface area contributed by atoms with Crippen LogP contribution < -0.4 is 0 Å². The Morgan fingerprint density at radius 1 is 0.481 bits per heavy atom. The van der Waals surface area contributed by atoms with Crippen molar-refractivity contribution in [2.75, 3.05) is 0 Å². The van der Waals surface area contributed by atoms with Crippen LogP contribution >= 0.6 is 0 Å². The number of fused-ring (bicyclic) bond motifs is 3. The van der Waals surface area contributed by atoms with Crippen molar-refractivity contribution in [3.05, 3.63) is 115 Å². The van der Waals surface area contributed by atoms with E-state index in [-0.39, 0.29) is 0 Å². The molecule has 4 aromatic rings. The van der Waals surface area contributed by atoms with Gasteiger partial charge in [-0.3, -0.25) is 0 Å². The number of allylic oxidation sites excluding steroid dienone is 1. The molecular weight excluding hydrogens is 324 g/mol. The second-order valence-electron chi connectivity index (χ2n) is 7.14. The van der Waals surface area contributed by atoms with Crippen molar-refractivity contribution in [2.45, 2.75) is 6.42 Å². The molecule has 0 heterocycles. The van der Waals surface area contributed by atoms with Gasteiger partial charge >= 0.3 is 0 Å². The fourth-order valence-corrected chi connectivity index (χ4v) is 4.00. The number of hydrogen-bond donors (Lipinski definition) is 0. The summed E-state index contributed by atoms with van der Waals surface area (Å²) in [5.41, 5.74) is 11.5. The van der Waals surface area contributed by atoms with E-state index in [1.54, 1.807) is 0 Å².